The van der Waals surface area contributed by atoms with Crippen LogP contribution in [-0.4, -0.2) is 32.6 Å². The van der Waals surface area contributed by atoms with Crippen molar-refractivity contribution in [1.82, 2.24) is 20.1 Å². The van der Waals surface area contributed by atoms with Crippen LogP contribution in [0, 0.1) is 0 Å². The minimum Gasteiger partial charge on any atom is -0.384 e. The number of pyridine rings is 1. The topological polar surface area (TPSA) is 115 Å². The van der Waals surface area contributed by atoms with Crippen molar-refractivity contribution in [3.63, 3.8) is 0 Å². The number of anilines is 2. The minimum absolute atomic E-state index is 0. The fourth-order valence-corrected chi connectivity index (χ4v) is 2.92. The van der Waals surface area contributed by atoms with Gasteiger partial charge in [-0.05, 0) is 25.0 Å². The molecule has 8 nitrogen and oxygen atoms in total. The van der Waals surface area contributed by atoms with E-state index in [1.165, 1.54) is 23.5 Å². The second-order valence-corrected chi connectivity index (χ2v) is 6.25. The lowest BCUT2D eigenvalue weighted by Gasteiger charge is -2.22. The molecule has 3 rings (SSSR count). The molecule has 9 heteroatoms. The Morgan fingerprint density at radius 2 is 1.96 bits per heavy atom. The number of halogens is 1. The first kappa shape index (κ1) is 19.7. The van der Waals surface area contributed by atoms with Crippen molar-refractivity contribution in [2.75, 3.05) is 11.1 Å². The van der Waals surface area contributed by atoms with Crippen LogP contribution in [0.25, 0.3) is 0 Å². The van der Waals surface area contributed by atoms with Crippen molar-refractivity contribution in [1.29, 1.82) is 0 Å². The highest BCUT2D eigenvalue weighted by molar-refractivity contribution is 6.03. The second-order valence-electron chi connectivity index (χ2n) is 6.25. The average molecular weight is 379 g/mol. The van der Waals surface area contributed by atoms with Gasteiger partial charge in [0.2, 0.25) is 5.91 Å². The number of nitrogens with two attached hydrogens (primary N) is 1. The van der Waals surface area contributed by atoms with E-state index < -0.39 is 0 Å². The first-order chi connectivity index (χ1) is 12.1. The Morgan fingerprint density at radius 3 is 2.65 bits per heavy atom. The molecule has 2 aromatic rings. The van der Waals surface area contributed by atoms with Gasteiger partial charge in [0.15, 0.2) is 0 Å². The van der Waals surface area contributed by atoms with E-state index in [1.54, 1.807) is 18.3 Å². The molecule has 1 aliphatic carbocycles. The number of carbonyl (C=O) groups excluding carboxylic acids is 2. The van der Waals surface area contributed by atoms with Crippen molar-refractivity contribution >= 4 is 35.7 Å². The first-order valence-corrected chi connectivity index (χ1v) is 8.45. The fraction of sp³-hybridized carbons (Fsp3) is 0.412. The number of rotatable bonds is 5. The molecule has 0 aromatic carbocycles. The molecule has 2 amide bonds. The van der Waals surface area contributed by atoms with Gasteiger partial charge in [0.05, 0.1) is 23.6 Å². The molecule has 4 N–H and O–H groups in total. The summed E-state index contributed by atoms with van der Waals surface area (Å²) in [7, 11) is 0. The van der Waals surface area contributed by atoms with Gasteiger partial charge < -0.3 is 16.4 Å². The molecule has 1 saturated carbocycles. The van der Waals surface area contributed by atoms with Crippen molar-refractivity contribution in [3.05, 3.63) is 36.3 Å². The lowest BCUT2D eigenvalue weighted by Crippen LogP contribution is -2.38. The van der Waals surface area contributed by atoms with Crippen LogP contribution in [0.2, 0.25) is 0 Å². The SMILES string of the molecule is Cl.Nc1ccc(NC(=O)c2cnn(CC(=O)NC3CCCCC3)c2)cn1. The third-order valence-electron chi connectivity index (χ3n) is 4.22. The third kappa shape index (κ3) is 5.45. The molecule has 0 aliphatic heterocycles. The summed E-state index contributed by atoms with van der Waals surface area (Å²) in [5.74, 6) is -0.00926. The summed E-state index contributed by atoms with van der Waals surface area (Å²) in [4.78, 5) is 28.2. The number of aromatic nitrogens is 3. The number of nitrogen functional groups attached to an aromatic ring is 1. The lowest BCUT2D eigenvalue weighted by molar-refractivity contribution is -0.122. The monoisotopic (exact) mass is 378 g/mol. The molecule has 2 heterocycles. The van der Waals surface area contributed by atoms with Crippen LogP contribution >= 0.6 is 12.4 Å². The number of amides is 2. The van der Waals surface area contributed by atoms with E-state index >= 15 is 0 Å². The van der Waals surface area contributed by atoms with E-state index in [9.17, 15) is 9.59 Å². The van der Waals surface area contributed by atoms with E-state index in [0.29, 0.717) is 17.1 Å². The summed E-state index contributed by atoms with van der Waals surface area (Å²) in [6.07, 6.45) is 10.1. The van der Waals surface area contributed by atoms with Gasteiger partial charge in [-0.3, -0.25) is 14.3 Å². The van der Waals surface area contributed by atoms with Crippen LogP contribution in [0.15, 0.2) is 30.7 Å². The number of nitrogens with one attached hydrogen (secondary N) is 2. The van der Waals surface area contributed by atoms with E-state index in [4.69, 9.17) is 5.73 Å². The summed E-state index contributed by atoms with van der Waals surface area (Å²) < 4.78 is 1.47. The molecular weight excluding hydrogens is 356 g/mol. The predicted molar refractivity (Wildman–Crippen MR) is 101 cm³/mol. The maximum Gasteiger partial charge on any atom is 0.258 e. The Bertz CT molecular complexity index is 740. The van der Waals surface area contributed by atoms with E-state index in [1.807, 2.05) is 0 Å². The quantitative estimate of drug-likeness (QED) is 0.735. The number of hydrogen-bond donors (Lipinski definition) is 3. The molecule has 0 unspecified atom stereocenters. The molecule has 140 valence electrons. The third-order valence-corrected chi connectivity index (χ3v) is 4.22. The summed E-state index contributed by atoms with van der Waals surface area (Å²) in [6.45, 7) is 0.104. The van der Waals surface area contributed by atoms with Gasteiger partial charge in [0, 0.05) is 12.2 Å². The summed E-state index contributed by atoms with van der Waals surface area (Å²) in [5, 5.41) is 9.82. The fourth-order valence-electron chi connectivity index (χ4n) is 2.92. The summed E-state index contributed by atoms with van der Waals surface area (Å²) in [5.41, 5.74) is 6.43. The van der Waals surface area contributed by atoms with Crippen LogP contribution in [-0.2, 0) is 11.3 Å². The Kier molecular flexibility index (Phi) is 6.97. The Balaban J connectivity index is 0.00000243. The zero-order valence-corrected chi connectivity index (χ0v) is 15.2. The van der Waals surface area contributed by atoms with Gasteiger partial charge in [0.1, 0.15) is 12.4 Å². The maximum atomic E-state index is 12.2. The molecule has 1 fully saturated rings. The molecule has 26 heavy (non-hydrogen) atoms. The molecule has 0 radical (unpaired) electrons. The van der Waals surface area contributed by atoms with Gasteiger partial charge in [-0.15, -0.1) is 12.4 Å². The van der Waals surface area contributed by atoms with E-state index in [2.05, 4.69) is 20.7 Å². The zero-order valence-electron chi connectivity index (χ0n) is 14.4. The van der Waals surface area contributed by atoms with Gasteiger partial charge in [-0.2, -0.15) is 5.10 Å². The highest BCUT2D eigenvalue weighted by Crippen LogP contribution is 2.17. The van der Waals surface area contributed by atoms with Crippen LogP contribution in [0.3, 0.4) is 0 Å². The predicted octanol–water partition coefficient (Wildman–Crippen LogP) is 1.98. The van der Waals surface area contributed by atoms with Crippen molar-refractivity contribution < 1.29 is 9.59 Å². The number of nitrogens with zero attached hydrogens (tertiary/aromatic N) is 3. The van der Waals surface area contributed by atoms with E-state index in [0.717, 1.165) is 25.7 Å². The lowest BCUT2D eigenvalue weighted by atomic mass is 9.95. The van der Waals surface area contributed by atoms with Gasteiger partial charge in [-0.25, -0.2) is 4.98 Å². The Labute approximate surface area is 158 Å². The zero-order chi connectivity index (χ0) is 17.6. The highest BCUT2D eigenvalue weighted by atomic mass is 35.5. The number of carbonyl (C=O) groups is 2. The largest absolute Gasteiger partial charge is 0.384 e. The van der Waals surface area contributed by atoms with Crippen LogP contribution in [0.1, 0.15) is 42.5 Å². The summed E-state index contributed by atoms with van der Waals surface area (Å²) >= 11 is 0. The Hall–Kier alpha value is -2.61. The van der Waals surface area contributed by atoms with Gasteiger partial charge >= 0.3 is 0 Å². The standard InChI is InChI=1S/C17H22N6O2.ClH/c18-15-7-6-14(9-19-15)22-17(25)12-8-20-23(10-12)11-16(24)21-13-4-2-1-3-5-13;/h6-10,13H,1-5,11H2,(H2,18,19)(H,21,24)(H,22,25);1H. The average Bonchev–Trinajstić information content (AvgIpc) is 3.06. The Morgan fingerprint density at radius 1 is 1.19 bits per heavy atom. The van der Waals surface area contributed by atoms with Crippen molar-refractivity contribution in [2.24, 2.45) is 0 Å². The highest BCUT2D eigenvalue weighted by Gasteiger charge is 2.16. The molecule has 0 spiro atoms. The molecule has 0 atom stereocenters. The van der Waals surface area contributed by atoms with Gasteiger partial charge in [-0.1, -0.05) is 19.3 Å². The second kappa shape index (κ2) is 9.19. The van der Waals surface area contributed by atoms with Crippen molar-refractivity contribution in [2.45, 2.75) is 44.7 Å². The van der Waals surface area contributed by atoms with Crippen LogP contribution in [0.4, 0.5) is 11.5 Å². The van der Waals surface area contributed by atoms with Crippen molar-refractivity contribution in [3.8, 4) is 0 Å². The molecule has 0 bridgehead atoms. The minimum atomic E-state index is -0.314. The van der Waals surface area contributed by atoms with Crippen LogP contribution < -0.4 is 16.4 Å². The molecular formula is C17H23ClN6O2. The normalized spacial score (nSPS) is 14.3. The van der Waals surface area contributed by atoms with Gasteiger partial charge in [0.25, 0.3) is 5.91 Å². The molecule has 1 aliphatic rings. The molecule has 2 aromatic heterocycles. The van der Waals surface area contributed by atoms with E-state index in [-0.39, 0.29) is 36.8 Å². The smallest absolute Gasteiger partial charge is 0.258 e. The number of hydrogen-bond acceptors (Lipinski definition) is 5. The molecule has 0 saturated heterocycles. The van der Waals surface area contributed by atoms with Crippen LogP contribution in [0.5, 0.6) is 0 Å². The maximum absolute atomic E-state index is 12.2. The first-order valence-electron chi connectivity index (χ1n) is 8.45. The summed E-state index contributed by atoms with van der Waals surface area (Å²) in [6, 6.07) is 3.54.